The lowest BCUT2D eigenvalue weighted by Crippen LogP contribution is -2.35. The molecule has 5 heteroatoms. The Morgan fingerprint density at radius 1 is 1.41 bits per heavy atom. The Hall–Kier alpha value is -0.770. The molecule has 0 aliphatic carbocycles. The smallest absolute Gasteiger partial charge is 0.311 e. The topological polar surface area (TPSA) is 46.5 Å². The summed E-state index contributed by atoms with van der Waals surface area (Å²) >= 11 is 11.7. The molecule has 0 heterocycles. The van der Waals surface area contributed by atoms with Crippen molar-refractivity contribution in [1.82, 2.24) is 0 Å². The number of aliphatic hydroxyl groups is 1. The van der Waals surface area contributed by atoms with Crippen molar-refractivity contribution in [2.75, 3.05) is 7.11 Å². The van der Waals surface area contributed by atoms with Crippen molar-refractivity contribution in [3.8, 4) is 0 Å². The molecule has 17 heavy (non-hydrogen) atoms. The van der Waals surface area contributed by atoms with Gasteiger partial charge >= 0.3 is 5.97 Å². The summed E-state index contributed by atoms with van der Waals surface area (Å²) in [5.41, 5.74) is -0.841. The number of carbonyl (C=O) groups is 1. The lowest BCUT2D eigenvalue weighted by atomic mass is 9.84. The fraction of sp³-hybridized carbons (Fsp3) is 0.417. The fourth-order valence-corrected chi connectivity index (χ4v) is 1.77. The van der Waals surface area contributed by atoms with E-state index in [0.717, 1.165) is 0 Å². The zero-order valence-corrected chi connectivity index (χ0v) is 11.3. The van der Waals surface area contributed by atoms with Gasteiger partial charge in [-0.25, -0.2) is 0 Å². The molecule has 0 aromatic heterocycles. The van der Waals surface area contributed by atoms with Crippen LogP contribution in [0.5, 0.6) is 0 Å². The van der Waals surface area contributed by atoms with E-state index in [4.69, 9.17) is 23.2 Å². The van der Waals surface area contributed by atoms with E-state index in [9.17, 15) is 9.90 Å². The van der Waals surface area contributed by atoms with E-state index < -0.39 is 17.5 Å². The second-order valence-electron chi connectivity index (χ2n) is 4.02. The summed E-state index contributed by atoms with van der Waals surface area (Å²) in [5, 5.41) is 11.1. The van der Waals surface area contributed by atoms with E-state index in [1.54, 1.807) is 25.1 Å². The highest BCUT2D eigenvalue weighted by molar-refractivity contribution is 6.42. The van der Waals surface area contributed by atoms with Gasteiger partial charge in [-0.05, 0) is 31.5 Å². The molecule has 0 bridgehead atoms. The molecule has 0 spiro atoms. The Balaban J connectivity index is 3.11. The van der Waals surface area contributed by atoms with Gasteiger partial charge in [-0.3, -0.25) is 4.79 Å². The van der Waals surface area contributed by atoms with Crippen molar-refractivity contribution in [3.63, 3.8) is 0 Å². The summed E-state index contributed by atoms with van der Waals surface area (Å²) in [4.78, 5) is 11.4. The second kappa shape index (κ2) is 5.25. The molecule has 1 N–H and O–H groups in total. The van der Waals surface area contributed by atoms with Crippen LogP contribution in [-0.4, -0.2) is 18.2 Å². The molecule has 0 aliphatic rings. The highest BCUT2D eigenvalue weighted by atomic mass is 35.5. The maximum absolute atomic E-state index is 11.4. The average molecular weight is 277 g/mol. The van der Waals surface area contributed by atoms with Crippen LogP contribution in [0, 0.1) is 5.92 Å². The van der Waals surface area contributed by atoms with Gasteiger partial charge in [-0.15, -0.1) is 0 Å². The van der Waals surface area contributed by atoms with Crippen LogP contribution in [0.4, 0.5) is 0 Å². The molecule has 0 fully saturated rings. The number of halogens is 2. The van der Waals surface area contributed by atoms with Crippen LogP contribution >= 0.6 is 23.2 Å². The van der Waals surface area contributed by atoms with Gasteiger partial charge in [0.25, 0.3) is 0 Å². The number of hydrogen-bond donors (Lipinski definition) is 1. The van der Waals surface area contributed by atoms with Crippen molar-refractivity contribution < 1.29 is 14.6 Å². The number of rotatable bonds is 3. The first-order valence-corrected chi connectivity index (χ1v) is 5.82. The van der Waals surface area contributed by atoms with Crippen molar-refractivity contribution in [2.45, 2.75) is 19.4 Å². The molecular weight excluding hydrogens is 263 g/mol. The van der Waals surface area contributed by atoms with Gasteiger partial charge < -0.3 is 9.84 Å². The quantitative estimate of drug-likeness (QED) is 0.864. The maximum atomic E-state index is 11.4. The third-order valence-corrected chi connectivity index (χ3v) is 3.64. The van der Waals surface area contributed by atoms with E-state index in [1.807, 2.05) is 0 Å². The van der Waals surface area contributed by atoms with Gasteiger partial charge in [0.05, 0.1) is 28.7 Å². The summed E-state index contributed by atoms with van der Waals surface area (Å²) in [6, 6.07) is 4.76. The van der Waals surface area contributed by atoms with Gasteiger partial charge in [0.1, 0.15) is 0 Å². The molecule has 0 saturated heterocycles. The van der Waals surface area contributed by atoms with Gasteiger partial charge in [-0.2, -0.15) is 0 Å². The van der Waals surface area contributed by atoms with E-state index in [2.05, 4.69) is 4.74 Å². The molecular formula is C12H14Cl2O3. The standard InChI is InChI=1S/C12H14Cl2O3/c1-7(11(15)17-3)12(2,16)8-4-5-9(13)10(14)6-8/h4-7,16H,1-3H3. The monoisotopic (exact) mass is 276 g/mol. The molecule has 2 atom stereocenters. The van der Waals surface area contributed by atoms with E-state index >= 15 is 0 Å². The summed E-state index contributed by atoms with van der Waals surface area (Å²) in [6.45, 7) is 3.13. The van der Waals surface area contributed by atoms with E-state index in [1.165, 1.54) is 14.0 Å². The SMILES string of the molecule is COC(=O)C(C)C(C)(O)c1ccc(Cl)c(Cl)c1. The summed E-state index contributed by atoms with van der Waals surface area (Å²) in [5.74, 6) is -1.19. The predicted molar refractivity (Wildman–Crippen MR) is 67.2 cm³/mol. The number of methoxy groups -OCH3 is 1. The van der Waals surface area contributed by atoms with Crippen molar-refractivity contribution in [2.24, 2.45) is 5.92 Å². The molecule has 1 rings (SSSR count). The molecule has 0 aliphatic heterocycles. The highest BCUT2D eigenvalue weighted by Gasteiger charge is 2.36. The number of esters is 1. The maximum Gasteiger partial charge on any atom is 0.311 e. The molecule has 1 aromatic rings. The van der Waals surface area contributed by atoms with Crippen LogP contribution in [0.15, 0.2) is 18.2 Å². The normalized spacial score (nSPS) is 16.1. The Morgan fingerprint density at radius 3 is 2.47 bits per heavy atom. The number of ether oxygens (including phenoxy) is 1. The highest BCUT2D eigenvalue weighted by Crippen LogP contribution is 2.33. The first-order valence-electron chi connectivity index (χ1n) is 5.06. The molecule has 0 radical (unpaired) electrons. The van der Waals surface area contributed by atoms with Crippen molar-refractivity contribution in [3.05, 3.63) is 33.8 Å². The molecule has 3 nitrogen and oxygen atoms in total. The van der Waals surface area contributed by atoms with Crippen LogP contribution in [0.2, 0.25) is 10.0 Å². The lowest BCUT2D eigenvalue weighted by molar-refractivity contribution is -0.154. The molecule has 2 unspecified atom stereocenters. The molecule has 0 saturated carbocycles. The van der Waals surface area contributed by atoms with Crippen LogP contribution in [0.1, 0.15) is 19.4 Å². The van der Waals surface area contributed by atoms with Crippen molar-refractivity contribution in [1.29, 1.82) is 0 Å². The third kappa shape index (κ3) is 2.92. The second-order valence-corrected chi connectivity index (χ2v) is 4.84. The van der Waals surface area contributed by atoms with Crippen molar-refractivity contribution >= 4 is 29.2 Å². The van der Waals surface area contributed by atoms with Crippen LogP contribution in [0.25, 0.3) is 0 Å². The molecule has 0 amide bonds. The van der Waals surface area contributed by atoms with Gasteiger partial charge in [0.15, 0.2) is 0 Å². The van der Waals surface area contributed by atoms with Crippen LogP contribution < -0.4 is 0 Å². The van der Waals surface area contributed by atoms with Gasteiger partial charge in [-0.1, -0.05) is 29.3 Å². The first kappa shape index (κ1) is 14.3. The van der Waals surface area contributed by atoms with Gasteiger partial charge in [0.2, 0.25) is 0 Å². The van der Waals surface area contributed by atoms with Crippen LogP contribution in [-0.2, 0) is 15.1 Å². The zero-order chi connectivity index (χ0) is 13.2. The number of benzene rings is 1. The first-order chi connectivity index (χ1) is 7.80. The Labute approximate surface area is 110 Å². The lowest BCUT2D eigenvalue weighted by Gasteiger charge is -2.29. The van der Waals surface area contributed by atoms with E-state index in [-0.39, 0.29) is 0 Å². The van der Waals surface area contributed by atoms with Gasteiger partial charge in [0, 0.05) is 0 Å². The zero-order valence-electron chi connectivity index (χ0n) is 9.83. The summed E-state index contributed by atoms with van der Waals surface area (Å²) in [7, 11) is 1.28. The summed E-state index contributed by atoms with van der Waals surface area (Å²) < 4.78 is 4.62. The summed E-state index contributed by atoms with van der Waals surface area (Å²) in [6.07, 6.45) is 0. The minimum Gasteiger partial charge on any atom is -0.469 e. The largest absolute Gasteiger partial charge is 0.469 e. The molecule has 1 aromatic carbocycles. The number of carbonyl (C=O) groups excluding carboxylic acids is 1. The number of hydrogen-bond acceptors (Lipinski definition) is 3. The third-order valence-electron chi connectivity index (χ3n) is 2.90. The predicted octanol–water partition coefficient (Wildman–Crippen LogP) is 3.01. The molecule has 94 valence electrons. The Morgan fingerprint density at radius 2 is 2.00 bits per heavy atom. The van der Waals surface area contributed by atoms with Crippen LogP contribution in [0.3, 0.4) is 0 Å². The minimum atomic E-state index is -1.36. The average Bonchev–Trinajstić information content (AvgIpc) is 2.30. The minimum absolute atomic E-state index is 0.335. The Bertz CT molecular complexity index is 430. The van der Waals surface area contributed by atoms with E-state index in [0.29, 0.717) is 15.6 Å². The Kier molecular flexibility index (Phi) is 4.42. The fourth-order valence-electron chi connectivity index (χ4n) is 1.47.